The van der Waals surface area contributed by atoms with Gasteiger partial charge in [0, 0.05) is 5.92 Å². The lowest BCUT2D eigenvalue weighted by Gasteiger charge is -2.05. The van der Waals surface area contributed by atoms with E-state index in [0.717, 1.165) is 18.7 Å². The summed E-state index contributed by atoms with van der Waals surface area (Å²) in [6.07, 6.45) is 3.41. The highest BCUT2D eigenvalue weighted by Gasteiger charge is 2.27. The molecule has 0 radical (unpaired) electrons. The maximum Gasteiger partial charge on any atom is 0.261 e. The molecule has 1 aromatic carbocycles. The van der Waals surface area contributed by atoms with Crippen LogP contribution in [-0.4, -0.2) is 22.4 Å². The van der Waals surface area contributed by atoms with Crippen molar-refractivity contribution in [2.75, 3.05) is 7.11 Å². The second-order valence-corrected chi connectivity index (χ2v) is 5.43. The highest BCUT2D eigenvalue weighted by molar-refractivity contribution is 5.66. The van der Waals surface area contributed by atoms with Crippen LogP contribution in [0.25, 0.3) is 11.5 Å². The van der Waals surface area contributed by atoms with E-state index in [9.17, 15) is 5.11 Å². The van der Waals surface area contributed by atoms with Gasteiger partial charge in [0.05, 0.1) is 12.7 Å². The molecule has 1 aliphatic rings. The van der Waals surface area contributed by atoms with Crippen LogP contribution in [0.1, 0.15) is 37.9 Å². The van der Waals surface area contributed by atoms with E-state index < -0.39 is 0 Å². The van der Waals surface area contributed by atoms with Crippen molar-refractivity contribution in [3.05, 3.63) is 24.0 Å². The minimum Gasteiger partial charge on any atom is -0.504 e. The molecule has 0 aliphatic heterocycles. The number of aromatic hydroxyl groups is 1. The van der Waals surface area contributed by atoms with Crippen LogP contribution in [0.2, 0.25) is 0 Å². The van der Waals surface area contributed by atoms with E-state index in [-0.39, 0.29) is 5.75 Å². The first kappa shape index (κ1) is 13.0. The molecule has 2 aromatic rings. The number of methoxy groups -OCH3 is 1. The van der Waals surface area contributed by atoms with Gasteiger partial charge in [-0.2, -0.15) is 4.98 Å². The van der Waals surface area contributed by atoms with E-state index in [0.29, 0.717) is 29.0 Å². The number of hydrogen-bond donors (Lipinski definition) is 1. The molecule has 106 valence electrons. The van der Waals surface area contributed by atoms with E-state index in [1.54, 1.807) is 18.2 Å². The minimum absolute atomic E-state index is 0.0324. The number of nitrogens with zero attached hydrogens (tertiary/aromatic N) is 2. The monoisotopic (exact) mass is 274 g/mol. The first-order chi connectivity index (χ1) is 9.69. The predicted octanol–water partition coefficient (Wildman–Crippen LogP) is 3.35. The first-order valence-electron chi connectivity index (χ1n) is 6.89. The molecule has 5 nitrogen and oxygen atoms in total. The molecule has 1 aromatic heterocycles. The highest BCUT2D eigenvalue weighted by Crippen LogP contribution is 2.39. The van der Waals surface area contributed by atoms with Gasteiger partial charge in [0.25, 0.3) is 5.89 Å². The van der Waals surface area contributed by atoms with Crippen molar-refractivity contribution in [2.24, 2.45) is 5.92 Å². The molecule has 5 heteroatoms. The molecule has 1 fully saturated rings. The van der Waals surface area contributed by atoms with Crippen molar-refractivity contribution >= 4 is 0 Å². The van der Waals surface area contributed by atoms with Gasteiger partial charge < -0.3 is 14.4 Å². The van der Waals surface area contributed by atoms with Crippen molar-refractivity contribution < 1.29 is 14.4 Å². The van der Waals surface area contributed by atoms with E-state index in [2.05, 4.69) is 17.1 Å². The Labute approximate surface area is 117 Å². The molecular weight excluding hydrogens is 256 g/mol. The fraction of sp³-hybridized carbons (Fsp3) is 0.467. The summed E-state index contributed by atoms with van der Waals surface area (Å²) >= 11 is 0. The van der Waals surface area contributed by atoms with Gasteiger partial charge in [0.1, 0.15) is 0 Å². The molecule has 0 amide bonds. The normalized spacial score (nSPS) is 22.1. The molecule has 0 bridgehead atoms. The van der Waals surface area contributed by atoms with E-state index in [1.807, 2.05) is 0 Å². The summed E-state index contributed by atoms with van der Waals surface area (Å²) in [5, 5.41) is 14.2. The quantitative estimate of drug-likeness (QED) is 0.929. The molecule has 1 saturated carbocycles. The van der Waals surface area contributed by atoms with E-state index >= 15 is 0 Å². The lowest BCUT2D eigenvalue weighted by atomic mass is 10.1. The summed E-state index contributed by atoms with van der Waals surface area (Å²) in [5.41, 5.74) is 0.508. The first-order valence-corrected chi connectivity index (χ1v) is 6.89. The van der Waals surface area contributed by atoms with Crippen molar-refractivity contribution in [3.8, 4) is 23.0 Å². The SMILES string of the molecule is COc1cccc(-c2nc(C3CCC(C)C3)no2)c1O. The fourth-order valence-corrected chi connectivity index (χ4v) is 2.81. The summed E-state index contributed by atoms with van der Waals surface area (Å²) < 4.78 is 10.4. The molecular formula is C15H18N2O3. The maximum absolute atomic E-state index is 10.1. The minimum atomic E-state index is 0.0324. The lowest BCUT2D eigenvalue weighted by molar-refractivity contribution is 0.371. The lowest BCUT2D eigenvalue weighted by Crippen LogP contribution is -1.96. The van der Waals surface area contributed by atoms with Crippen LogP contribution >= 0.6 is 0 Å². The van der Waals surface area contributed by atoms with Gasteiger partial charge in [0.15, 0.2) is 17.3 Å². The molecule has 0 saturated heterocycles. The Bertz CT molecular complexity index is 609. The third kappa shape index (κ3) is 2.24. The fourth-order valence-electron chi connectivity index (χ4n) is 2.81. The van der Waals surface area contributed by atoms with Crippen LogP contribution in [-0.2, 0) is 0 Å². The standard InChI is InChI=1S/C15H18N2O3/c1-9-6-7-10(8-9)14-16-15(20-17-14)11-4-3-5-12(19-2)13(11)18/h3-5,9-10,18H,6-8H2,1-2H3. The van der Waals surface area contributed by atoms with Gasteiger partial charge in [-0.15, -0.1) is 0 Å². The predicted molar refractivity (Wildman–Crippen MR) is 73.7 cm³/mol. The van der Waals surface area contributed by atoms with Gasteiger partial charge >= 0.3 is 0 Å². The molecule has 0 spiro atoms. The second-order valence-electron chi connectivity index (χ2n) is 5.43. The summed E-state index contributed by atoms with van der Waals surface area (Å²) in [6, 6.07) is 5.22. The Kier molecular flexibility index (Phi) is 3.34. The summed E-state index contributed by atoms with van der Waals surface area (Å²) in [7, 11) is 1.51. The number of benzene rings is 1. The maximum atomic E-state index is 10.1. The van der Waals surface area contributed by atoms with Gasteiger partial charge in [-0.1, -0.05) is 18.1 Å². The van der Waals surface area contributed by atoms with Gasteiger partial charge in [-0.3, -0.25) is 0 Å². The number of hydrogen-bond acceptors (Lipinski definition) is 5. The van der Waals surface area contributed by atoms with Crippen molar-refractivity contribution in [2.45, 2.75) is 32.1 Å². The third-order valence-electron chi connectivity index (χ3n) is 3.95. The van der Waals surface area contributed by atoms with Crippen LogP contribution < -0.4 is 4.74 Å². The largest absolute Gasteiger partial charge is 0.504 e. The van der Waals surface area contributed by atoms with Gasteiger partial charge in [-0.05, 0) is 37.3 Å². The Morgan fingerprint density at radius 3 is 2.90 bits per heavy atom. The molecule has 1 N–H and O–H groups in total. The molecule has 1 aliphatic carbocycles. The van der Waals surface area contributed by atoms with Crippen LogP contribution in [0.4, 0.5) is 0 Å². The smallest absolute Gasteiger partial charge is 0.261 e. The Morgan fingerprint density at radius 1 is 1.35 bits per heavy atom. The third-order valence-corrected chi connectivity index (χ3v) is 3.95. The average molecular weight is 274 g/mol. The second kappa shape index (κ2) is 5.15. The zero-order valence-corrected chi connectivity index (χ0v) is 11.7. The number of phenolic OH excluding ortho intramolecular Hbond substituents is 1. The topological polar surface area (TPSA) is 68.4 Å². The molecule has 2 atom stereocenters. The molecule has 3 rings (SSSR count). The van der Waals surface area contributed by atoms with Crippen LogP contribution in [0.3, 0.4) is 0 Å². The van der Waals surface area contributed by atoms with Crippen molar-refractivity contribution in [1.82, 2.24) is 10.1 Å². The van der Waals surface area contributed by atoms with E-state index in [1.165, 1.54) is 13.5 Å². The number of para-hydroxylation sites is 1. The molecule has 20 heavy (non-hydrogen) atoms. The molecule has 1 heterocycles. The Balaban J connectivity index is 1.90. The zero-order valence-electron chi connectivity index (χ0n) is 11.7. The van der Waals surface area contributed by atoms with E-state index in [4.69, 9.17) is 9.26 Å². The van der Waals surface area contributed by atoms with Crippen LogP contribution in [0.5, 0.6) is 11.5 Å². The van der Waals surface area contributed by atoms with Crippen LogP contribution in [0.15, 0.2) is 22.7 Å². The average Bonchev–Trinajstić information content (AvgIpc) is 3.07. The van der Waals surface area contributed by atoms with Crippen molar-refractivity contribution in [3.63, 3.8) is 0 Å². The Morgan fingerprint density at radius 2 is 2.20 bits per heavy atom. The molecule has 2 unspecified atom stereocenters. The summed E-state index contributed by atoms with van der Waals surface area (Å²) in [4.78, 5) is 4.44. The summed E-state index contributed by atoms with van der Waals surface area (Å²) in [5.74, 6) is 2.60. The number of rotatable bonds is 3. The number of ether oxygens (including phenoxy) is 1. The van der Waals surface area contributed by atoms with Gasteiger partial charge in [-0.25, -0.2) is 0 Å². The number of phenols is 1. The summed E-state index contributed by atoms with van der Waals surface area (Å²) in [6.45, 7) is 2.24. The highest BCUT2D eigenvalue weighted by atomic mass is 16.5. The number of aromatic nitrogens is 2. The Hall–Kier alpha value is -2.04. The van der Waals surface area contributed by atoms with Gasteiger partial charge in [0.2, 0.25) is 0 Å². The van der Waals surface area contributed by atoms with Crippen LogP contribution in [0, 0.1) is 5.92 Å². The zero-order chi connectivity index (χ0) is 14.1. The van der Waals surface area contributed by atoms with Crippen molar-refractivity contribution in [1.29, 1.82) is 0 Å².